The van der Waals surface area contributed by atoms with Crippen molar-refractivity contribution in [2.75, 3.05) is 5.73 Å². The molecule has 76 valence electrons. The Hall–Kier alpha value is -2.04. The van der Waals surface area contributed by atoms with Crippen molar-refractivity contribution in [3.05, 3.63) is 36.2 Å². The Bertz CT molecular complexity index is 478. The van der Waals surface area contributed by atoms with E-state index in [0.717, 1.165) is 6.20 Å². The Morgan fingerprint density at radius 3 is 2.67 bits per heavy atom. The average molecular weight is 204 g/mol. The van der Waals surface area contributed by atoms with Gasteiger partial charge >= 0.3 is 0 Å². The van der Waals surface area contributed by atoms with Gasteiger partial charge in [-0.15, -0.1) is 0 Å². The number of aryl methyl sites for hydroxylation is 1. The Labute approximate surface area is 86.0 Å². The molecule has 0 bridgehead atoms. The lowest BCUT2D eigenvalue weighted by Crippen LogP contribution is -1.97. The topological polar surface area (TPSA) is 64.7 Å². The van der Waals surface area contributed by atoms with Crippen LogP contribution in [0.25, 0.3) is 11.3 Å². The van der Waals surface area contributed by atoms with Crippen LogP contribution in [-0.2, 0) is 0 Å². The van der Waals surface area contributed by atoms with E-state index in [9.17, 15) is 4.39 Å². The predicted molar refractivity (Wildman–Crippen MR) is 54.4 cm³/mol. The number of hydrogen-bond acceptors (Lipinski definition) is 4. The maximum atomic E-state index is 12.9. The van der Waals surface area contributed by atoms with Gasteiger partial charge in [0.15, 0.2) is 0 Å². The molecule has 0 aliphatic rings. The van der Waals surface area contributed by atoms with Gasteiger partial charge in [-0.1, -0.05) is 0 Å². The minimum Gasteiger partial charge on any atom is -0.384 e. The van der Waals surface area contributed by atoms with Crippen LogP contribution in [-0.4, -0.2) is 15.0 Å². The van der Waals surface area contributed by atoms with Crippen molar-refractivity contribution in [2.24, 2.45) is 0 Å². The SMILES string of the molecule is Cc1nc(N)cc(-c2cncc(F)c2)n1. The Morgan fingerprint density at radius 1 is 1.20 bits per heavy atom. The number of anilines is 1. The fraction of sp³-hybridized carbons (Fsp3) is 0.100. The van der Waals surface area contributed by atoms with Crippen LogP contribution in [0.4, 0.5) is 10.2 Å². The second-order valence-corrected chi connectivity index (χ2v) is 3.12. The summed E-state index contributed by atoms with van der Waals surface area (Å²) in [5.41, 5.74) is 6.74. The molecule has 0 unspecified atom stereocenters. The van der Waals surface area contributed by atoms with Gasteiger partial charge < -0.3 is 5.73 Å². The van der Waals surface area contributed by atoms with E-state index in [1.807, 2.05) is 0 Å². The van der Waals surface area contributed by atoms with Crippen molar-refractivity contribution < 1.29 is 4.39 Å². The molecule has 2 aromatic heterocycles. The summed E-state index contributed by atoms with van der Waals surface area (Å²) in [6, 6.07) is 2.94. The molecule has 0 amide bonds. The molecule has 0 saturated heterocycles. The lowest BCUT2D eigenvalue weighted by atomic mass is 10.2. The molecular formula is C10H9FN4. The number of nitrogen functional groups attached to an aromatic ring is 1. The number of nitrogens with two attached hydrogens (primary N) is 1. The summed E-state index contributed by atoms with van der Waals surface area (Å²) in [5.74, 6) is 0.512. The number of halogens is 1. The van der Waals surface area contributed by atoms with Crippen LogP contribution in [0.5, 0.6) is 0 Å². The fourth-order valence-corrected chi connectivity index (χ4v) is 1.29. The molecule has 5 heteroatoms. The maximum Gasteiger partial charge on any atom is 0.142 e. The van der Waals surface area contributed by atoms with Crippen molar-refractivity contribution >= 4 is 5.82 Å². The van der Waals surface area contributed by atoms with Gasteiger partial charge in [-0.05, 0) is 13.0 Å². The van der Waals surface area contributed by atoms with Crippen molar-refractivity contribution in [1.82, 2.24) is 15.0 Å². The maximum absolute atomic E-state index is 12.9. The van der Waals surface area contributed by atoms with Gasteiger partial charge in [-0.25, -0.2) is 14.4 Å². The van der Waals surface area contributed by atoms with E-state index < -0.39 is 5.82 Å². The summed E-state index contributed by atoms with van der Waals surface area (Å²) < 4.78 is 12.9. The van der Waals surface area contributed by atoms with Crippen LogP contribution in [0.3, 0.4) is 0 Å². The van der Waals surface area contributed by atoms with Crippen LogP contribution in [0.15, 0.2) is 24.5 Å². The second-order valence-electron chi connectivity index (χ2n) is 3.12. The summed E-state index contributed by atoms with van der Waals surface area (Å²) in [6.07, 6.45) is 2.67. The molecule has 2 aromatic rings. The standard InChI is InChI=1S/C10H9FN4/c1-6-14-9(3-10(12)15-6)7-2-8(11)5-13-4-7/h2-5H,1H3,(H2,12,14,15). The molecule has 2 N–H and O–H groups in total. The molecule has 0 radical (unpaired) electrons. The fourth-order valence-electron chi connectivity index (χ4n) is 1.29. The highest BCUT2D eigenvalue weighted by Crippen LogP contribution is 2.18. The average Bonchev–Trinajstić information content (AvgIpc) is 2.16. The summed E-state index contributed by atoms with van der Waals surface area (Å²) in [4.78, 5) is 11.8. The summed E-state index contributed by atoms with van der Waals surface area (Å²) in [6.45, 7) is 1.73. The van der Waals surface area contributed by atoms with Crippen LogP contribution in [0, 0.1) is 12.7 Å². The van der Waals surface area contributed by atoms with Gasteiger partial charge in [0.05, 0.1) is 11.9 Å². The van der Waals surface area contributed by atoms with E-state index >= 15 is 0 Å². The van der Waals surface area contributed by atoms with Gasteiger partial charge in [0.2, 0.25) is 0 Å². The minimum absolute atomic E-state index is 0.363. The Balaban J connectivity index is 2.54. The van der Waals surface area contributed by atoms with Crippen LogP contribution >= 0.6 is 0 Å². The minimum atomic E-state index is -0.401. The number of rotatable bonds is 1. The lowest BCUT2D eigenvalue weighted by molar-refractivity contribution is 0.622. The van der Waals surface area contributed by atoms with Crippen LogP contribution < -0.4 is 5.73 Å². The molecule has 2 rings (SSSR count). The summed E-state index contributed by atoms with van der Waals surface area (Å²) in [5, 5.41) is 0. The zero-order chi connectivity index (χ0) is 10.8. The van der Waals surface area contributed by atoms with E-state index in [-0.39, 0.29) is 0 Å². The third kappa shape index (κ3) is 2.07. The van der Waals surface area contributed by atoms with E-state index in [0.29, 0.717) is 22.9 Å². The predicted octanol–water partition coefficient (Wildman–Crippen LogP) is 1.57. The van der Waals surface area contributed by atoms with Crippen molar-refractivity contribution in [2.45, 2.75) is 6.92 Å². The quantitative estimate of drug-likeness (QED) is 0.765. The Kier molecular flexibility index (Phi) is 2.29. The number of aromatic nitrogens is 3. The second kappa shape index (κ2) is 3.61. The first-order valence-electron chi connectivity index (χ1n) is 4.37. The van der Waals surface area contributed by atoms with Gasteiger partial charge in [0, 0.05) is 17.8 Å². The number of pyridine rings is 1. The van der Waals surface area contributed by atoms with Gasteiger partial charge in [-0.3, -0.25) is 4.98 Å². The van der Waals surface area contributed by atoms with E-state index in [2.05, 4.69) is 15.0 Å². The third-order valence-electron chi connectivity index (χ3n) is 1.86. The highest BCUT2D eigenvalue weighted by molar-refractivity contribution is 5.60. The molecule has 0 saturated carbocycles. The van der Waals surface area contributed by atoms with Crippen molar-refractivity contribution in [3.63, 3.8) is 0 Å². The molecule has 0 spiro atoms. The first kappa shape index (κ1) is 9.51. The molecule has 0 aliphatic heterocycles. The van der Waals surface area contributed by atoms with E-state index in [4.69, 9.17) is 5.73 Å². The zero-order valence-corrected chi connectivity index (χ0v) is 8.11. The summed E-state index contributed by atoms with van der Waals surface area (Å²) >= 11 is 0. The number of nitrogens with zero attached hydrogens (tertiary/aromatic N) is 3. The monoisotopic (exact) mass is 204 g/mol. The first-order valence-corrected chi connectivity index (χ1v) is 4.37. The Morgan fingerprint density at radius 2 is 2.00 bits per heavy atom. The zero-order valence-electron chi connectivity index (χ0n) is 8.11. The molecule has 0 aromatic carbocycles. The molecule has 0 fully saturated rings. The third-order valence-corrected chi connectivity index (χ3v) is 1.86. The lowest BCUT2D eigenvalue weighted by Gasteiger charge is -2.02. The summed E-state index contributed by atoms with van der Waals surface area (Å²) in [7, 11) is 0. The van der Waals surface area contributed by atoms with Gasteiger partial charge in [0.1, 0.15) is 17.5 Å². The van der Waals surface area contributed by atoms with E-state index in [1.165, 1.54) is 12.3 Å². The van der Waals surface area contributed by atoms with Crippen LogP contribution in [0.2, 0.25) is 0 Å². The van der Waals surface area contributed by atoms with Crippen molar-refractivity contribution in [3.8, 4) is 11.3 Å². The molecule has 2 heterocycles. The highest BCUT2D eigenvalue weighted by Gasteiger charge is 2.03. The highest BCUT2D eigenvalue weighted by atomic mass is 19.1. The van der Waals surface area contributed by atoms with Gasteiger partial charge in [0.25, 0.3) is 0 Å². The van der Waals surface area contributed by atoms with Crippen molar-refractivity contribution in [1.29, 1.82) is 0 Å². The molecule has 4 nitrogen and oxygen atoms in total. The first-order chi connectivity index (χ1) is 7.15. The van der Waals surface area contributed by atoms with E-state index in [1.54, 1.807) is 13.0 Å². The normalized spacial score (nSPS) is 10.3. The van der Waals surface area contributed by atoms with Gasteiger partial charge in [-0.2, -0.15) is 0 Å². The largest absolute Gasteiger partial charge is 0.384 e. The molecule has 0 aliphatic carbocycles. The number of hydrogen-bond donors (Lipinski definition) is 1. The molecular weight excluding hydrogens is 195 g/mol. The molecule has 0 atom stereocenters. The molecule has 15 heavy (non-hydrogen) atoms. The van der Waals surface area contributed by atoms with Crippen LogP contribution in [0.1, 0.15) is 5.82 Å². The smallest absolute Gasteiger partial charge is 0.142 e.